The molecule has 23 heavy (non-hydrogen) atoms. The summed E-state index contributed by atoms with van der Waals surface area (Å²) < 4.78 is 0. The zero-order chi connectivity index (χ0) is 16.4. The van der Waals surface area contributed by atoms with Crippen LogP contribution < -0.4 is 11.1 Å². The molecular weight excluding hydrogens is 332 g/mol. The van der Waals surface area contributed by atoms with E-state index in [1.165, 1.54) is 11.3 Å². The first-order valence-corrected chi connectivity index (χ1v) is 8.84. The summed E-state index contributed by atoms with van der Waals surface area (Å²) in [5.74, 6) is -0.252. The minimum Gasteiger partial charge on any atom is -0.325 e. The normalized spacial score (nSPS) is 24.4. The van der Waals surface area contributed by atoms with Gasteiger partial charge in [0, 0.05) is 16.1 Å². The van der Waals surface area contributed by atoms with Crippen LogP contribution in [0.2, 0.25) is 5.02 Å². The topological polar surface area (TPSA) is 80.9 Å². The number of nitrogens with one attached hydrogen (secondary N) is 1. The number of anilines is 1. The van der Waals surface area contributed by atoms with Crippen molar-refractivity contribution in [2.24, 2.45) is 11.7 Å². The van der Waals surface area contributed by atoms with Gasteiger partial charge in [0.1, 0.15) is 5.01 Å². The van der Waals surface area contributed by atoms with E-state index in [4.69, 9.17) is 17.3 Å². The van der Waals surface area contributed by atoms with Crippen molar-refractivity contribution in [2.75, 3.05) is 5.32 Å². The Hall–Kier alpha value is -1.50. The molecule has 0 bridgehead atoms. The van der Waals surface area contributed by atoms with Crippen LogP contribution in [-0.2, 0) is 4.79 Å². The Bertz CT molecular complexity index is 716. The Morgan fingerprint density at radius 3 is 3.00 bits per heavy atom. The number of hydrogen-bond donors (Lipinski definition) is 2. The Kier molecular flexibility index (Phi) is 4.66. The van der Waals surface area contributed by atoms with Gasteiger partial charge in [-0.15, -0.1) is 10.2 Å². The number of rotatable bonds is 3. The van der Waals surface area contributed by atoms with E-state index >= 15 is 0 Å². The van der Waals surface area contributed by atoms with Crippen molar-refractivity contribution in [3.8, 4) is 10.6 Å². The third-order valence-electron chi connectivity index (χ3n) is 4.30. The number of nitrogens with two attached hydrogens (primary N) is 1. The van der Waals surface area contributed by atoms with Gasteiger partial charge in [0.05, 0.1) is 5.92 Å². The second kappa shape index (κ2) is 6.55. The lowest BCUT2D eigenvalue weighted by molar-refractivity contribution is -0.122. The van der Waals surface area contributed by atoms with E-state index in [1.54, 1.807) is 6.07 Å². The summed E-state index contributed by atoms with van der Waals surface area (Å²) in [6.07, 6.45) is 3.80. The molecule has 5 nitrogen and oxygen atoms in total. The maximum absolute atomic E-state index is 12.5. The first-order valence-electron chi connectivity index (χ1n) is 7.65. The number of carbonyl (C=O) groups is 1. The highest BCUT2D eigenvalue weighted by atomic mass is 35.5. The SMILES string of the molecule is CC1(N)CCCCC1C(=O)Nc1nnc(-c2cccc(Cl)c2)s1. The van der Waals surface area contributed by atoms with Crippen LogP contribution in [0.5, 0.6) is 0 Å². The van der Waals surface area contributed by atoms with E-state index in [9.17, 15) is 4.79 Å². The van der Waals surface area contributed by atoms with Gasteiger partial charge in [-0.25, -0.2) is 0 Å². The second-order valence-corrected chi connectivity index (χ2v) is 7.63. The van der Waals surface area contributed by atoms with Gasteiger partial charge in [-0.05, 0) is 31.9 Å². The van der Waals surface area contributed by atoms with Crippen LogP contribution in [0.3, 0.4) is 0 Å². The summed E-state index contributed by atoms with van der Waals surface area (Å²) in [6, 6.07) is 7.40. The molecule has 1 aromatic carbocycles. The molecule has 2 atom stereocenters. The number of carbonyl (C=O) groups excluding carboxylic acids is 1. The molecule has 1 aliphatic rings. The quantitative estimate of drug-likeness (QED) is 0.884. The summed E-state index contributed by atoms with van der Waals surface area (Å²) in [7, 11) is 0. The average molecular weight is 351 g/mol. The van der Waals surface area contributed by atoms with Crippen molar-refractivity contribution in [1.82, 2.24) is 10.2 Å². The summed E-state index contributed by atoms with van der Waals surface area (Å²) in [5, 5.41) is 12.9. The Morgan fingerprint density at radius 1 is 1.43 bits per heavy atom. The van der Waals surface area contributed by atoms with Crippen LogP contribution >= 0.6 is 22.9 Å². The molecule has 1 amide bonds. The summed E-state index contributed by atoms with van der Waals surface area (Å²) >= 11 is 7.33. The van der Waals surface area contributed by atoms with Crippen LogP contribution in [0.25, 0.3) is 10.6 Å². The molecule has 1 heterocycles. The molecule has 3 rings (SSSR count). The fourth-order valence-corrected chi connectivity index (χ4v) is 3.93. The standard InChI is InChI=1S/C16H19ClN4OS/c1-16(18)8-3-2-7-12(16)13(22)19-15-21-20-14(23-15)10-5-4-6-11(17)9-10/h4-6,9,12H,2-3,7-8,18H2,1H3,(H,19,21,22). The van der Waals surface area contributed by atoms with Crippen LogP contribution in [0, 0.1) is 5.92 Å². The van der Waals surface area contributed by atoms with Crippen molar-refractivity contribution in [1.29, 1.82) is 0 Å². The molecule has 1 fully saturated rings. The van der Waals surface area contributed by atoms with Gasteiger partial charge in [0.2, 0.25) is 11.0 Å². The van der Waals surface area contributed by atoms with Gasteiger partial charge in [0.15, 0.2) is 0 Å². The molecule has 0 radical (unpaired) electrons. The Morgan fingerprint density at radius 2 is 2.26 bits per heavy atom. The minimum atomic E-state index is -0.456. The van der Waals surface area contributed by atoms with Crippen LogP contribution in [0.1, 0.15) is 32.6 Å². The molecule has 0 saturated heterocycles. The van der Waals surface area contributed by atoms with Crippen LogP contribution in [0.15, 0.2) is 24.3 Å². The smallest absolute Gasteiger partial charge is 0.231 e. The average Bonchev–Trinajstić information content (AvgIpc) is 2.95. The van der Waals surface area contributed by atoms with Crippen molar-refractivity contribution in [3.63, 3.8) is 0 Å². The predicted octanol–water partition coefficient (Wildman–Crippen LogP) is 3.70. The van der Waals surface area contributed by atoms with Gasteiger partial charge in [-0.2, -0.15) is 0 Å². The number of halogens is 1. The zero-order valence-corrected chi connectivity index (χ0v) is 14.5. The highest BCUT2D eigenvalue weighted by molar-refractivity contribution is 7.18. The van der Waals surface area contributed by atoms with Crippen molar-refractivity contribution >= 4 is 34.0 Å². The summed E-state index contributed by atoms with van der Waals surface area (Å²) in [4.78, 5) is 12.5. The number of benzene rings is 1. The molecular formula is C16H19ClN4OS. The first-order chi connectivity index (χ1) is 11.0. The van der Waals surface area contributed by atoms with Crippen LogP contribution in [-0.4, -0.2) is 21.6 Å². The number of nitrogens with zero attached hydrogens (tertiary/aromatic N) is 2. The van der Waals surface area contributed by atoms with Gasteiger partial charge < -0.3 is 11.1 Å². The molecule has 1 aliphatic carbocycles. The highest BCUT2D eigenvalue weighted by Crippen LogP contribution is 2.33. The lowest BCUT2D eigenvalue weighted by atomic mass is 9.74. The molecule has 122 valence electrons. The maximum Gasteiger partial charge on any atom is 0.231 e. The monoisotopic (exact) mass is 350 g/mol. The minimum absolute atomic E-state index is 0.0662. The largest absolute Gasteiger partial charge is 0.325 e. The lowest BCUT2D eigenvalue weighted by Gasteiger charge is -2.36. The molecule has 0 spiro atoms. The van der Waals surface area contributed by atoms with Crippen molar-refractivity contribution in [2.45, 2.75) is 38.1 Å². The third-order valence-corrected chi connectivity index (χ3v) is 5.42. The van der Waals surface area contributed by atoms with E-state index in [0.29, 0.717) is 10.2 Å². The first kappa shape index (κ1) is 16.4. The van der Waals surface area contributed by atoms with Gasteiger partial charge in [0.25, 0.3) is 0 Å². The molecule has 1 saturated carbocycles. The fourth-order valence-electron chi connectivity index (χ4n) is 2.99. The van der Waals surface area contributed by atoms with Crippen molar-refractivity contribution in [3.05, 3.63) is 29.3 Å². The van der Waals surface area contributed by atoms with E-state index in [2.05, 4.69) is 15.5 Å². The molecule has 2 unspecified atom stereocenters. The lowest BCUT2D eigenvalue weighted by Crippen LogP contribution is -2.51. The predicted molar refractivity (Wildman–Crippen MR) is 93.5 cm³/mol. The summed E-state index contributed by atoms with van der Waals surface area (Å²) in [6.45, 7) is 1.95. The number of amides is 1. The van der Waals surface area contributed by atoms with Crippen molar-refractivity contribution < 1.29 is 4.79 Å². The zero-order valence-electron chi connectivity index (χ0n) is 12.9. The van der Waals surface area contributed by atoms with Gasteiger partial charge in [-0.3, -0.25) is 4.79 Å². The Balaban J connectivity index is 1.73. The van der Waals surface area contributed by atoms with E-state index in [0.717, 1.165) is 36.3 Å². The third kappa shape index (κ3) is 3.71. The van der Waals surface area contributed by atoms with Crippen LogP contribution in [0.4, 0.5) is 5.13 Å². The maximum atomic E-state index is 12.5. The summed E-state index contributed by atoms with van der Waals surface area (Å²) in [5.41, 5.74) is 6.71. The van der Waals surface area contributed by atoms with E-state index in [1.807, 2.05) is 25.1 Å². The molecule has 2 aromatic rings. The van der Waals surface area contributed by atoms with Gasteiger partial charge in [-0.1, -0.05) is 47.9 Å². The van der Waals surface area contributed by atoms with Gasteiger partial charge >= 0.3 is 0 Å². The number of aromatic nitrogens is 2. The second-order valence-electron chi connectivity index (χ2n) is 6.22. The highest BCUT2D eigenvalue weighted by Gasteiger charge is 2.38. The van der Waals surface area contributed by atoms with E-state index < -0.39 is 5.54 Å². The molecule has 3 N–H and O–H groups in total. The number of hydrogen-bond acceptors (Lipinski definition) is 5. The molecule has 7 heteroatoms. The molecule has 1 aromatic heterocycles. The van der Waals surface area contributed by atoms with E-state index in [-0.39, 0.29) is 11.8 Å². The Labute approximate surface area is 144 Å². The fraction of sp³-hybridized carbons (Fsp3) is 0.438. The molecule has 0 aliphatic heterocycles.